The lowest BCUT2D eigenvalue weighted by molar-refractivity contribution is -0.385. The van der Waals surface area contributed by atoms with Crippen LogP contribution < -0.4 is 5.32 Å². The molecule has 0 radical (unpaired) electrons. The van der Waals surface area contributed by atoms with E-state index in [4.69, 9.17) is 0 Å². The van der Waals surface area contributed by atoms with Crippen molar-refractivity contribution < 1.29 is 19.3 Å². The highest BCUT2D eigenvalue weighted by molar-refractivity contribution is 5.99. The summed E-state index contributed by atoms with van der Waals surface area (Å²) < 4.78 is 0. The van der Waals surface area contributed by atoms with Crippen molar-refractivity contribution in [3.8, 4) is 0 Å². The maximum absolute atomic E-state index is 12.4. The predicted octanol–water partition coefficient (Wildman–Crippen LogP) is 2.07. The molecule has 1 heterocycles. The molecule has 2 atom stereocenters. The number of allylic oxidation sites excluding steroid dienone is 1. The molecule has 3 amide bonds. The minimum atomic E-state index is -0.879. The third-order valence-electron chi connectivity index (χ3n) is 4.26. The van der Waals surface area contributed by atoms with Crippen LogP contribution in [-0.4, -0.2) is 27.5 Å². The number of hydrogen-bond acceptors (Lipinski definition) is 5. The zero-order valence-electron chi connectivity index (χ0n) is 12.9. The molecule has 0 aromatic heterocycles. The van der Waals surface area contributed by atoms with Gasteiger partial charge in [-0.1, -0.05) is 18.2 Å². The number of hydrogen-bond donors (Lipinski definition) is 1. The van der Waals surface area contributed by atoms with Gasteiger partial charge in [-0.25, -0.2) is 4.79 Å². The number of carbonyl (C=O) groups excluding carboxylic acids is 3. The standard InChI is InChI=1S/C16H15N3O5/c1-9(20)18-15(10-4-2-5-11(8-10)19(23)24)14-12(17-16(18)22)6-3-7-13(14)21/h2,4-6,8,14-15H,3,7H2,1H3,(H,17,22)/t14-,15-/m1/s1. The van der Waals surface area contributed by atoms with Crippen LogP contribution in [0, 0.1) is 16.0 Å². The lowest BCUT2D eigenvalue weighted by Crippen LogP contribution is -2.55. The third kappa shape index (κ3) is 2.55. The van der Waals surface area contributed by atoms with Crippen molar-refractivity contribution in [3.05, 3.63) is 51.7 Å². The van der Waals surface area contributed by atoms with Gasteiger partial charge in [-0.05, 0) is 12.0 Å². The van der Waals surface area contributed by atoms with Crippen LogP contribution in [0.4, 0.5) is 10.5 Å². The molecule has 1 aliphatic carbocycles. The van der Waals surface area contributed by atoms with Crippen molar-refractivity contribution in [2.75, 3.05) is 0 Å². The fourth-order valence-corrected chi connectivity index (χ4v) is 3.26. The summed E-state index contributed by atoms with van der Waals surface area (Å²) in [6.45, 7) is 1.23. The first-order valence-electron chi connectivity index (χ1n) is 7.48. The van der Waals surface area contributed by atoms with E-state index in [1.54, 1.807) is 12.1 Å². The number of fused-ring (bicyclic) bond motifs is 1. The Morgan fingerprint density at radius 1 is 1.38 bits per heavy atom. The molecule has 1 fully saturated rings. The van der Waals surface area contributed by atoms with E-state index in [0.29, 0.717) is 24.1 Å². The quantitative estimate of drug-likeness (QED) is 0.660. The molecule has 1 saturated heterocycles. The number of benzene rings is 1. The second-order valence-corrected chi connectivity index (χ2v) is 5.76. The van der Waals surface area contributed by atoms with Gasteiger partial charge in [0.1, 0.15) is 5.78 Å². The average molecular weight is 329 g/mol. The molecule has 124 valence electrons. The highest BCUT2D eigenvalue weighted by Gasteiger charge is 2.46. The number of ketones is 1. The molecule has 1 aliphatic heterocycles. The largest absolute Gasteiger partial charge is 0.328 e. The van der Waals surface area contributed by atoms with Crippen LogP contribution in [0.2, 0.25) is 0 Å². The summed E-state index contributed by atoms with van der Waals surface area (Å²) in [4.78, 5) is 48.2. The molecule has 24 heavy (non-hydrogen) atoms. The van der Waals surface area contributed by atoms with Gasteiger partial charge in [0.05, 0.1) is 16.9 Å². The first-order chi connectivity index (χ1) is 11.4. The molecular weight excluding hydrogens is 314 g/mol. The Morgan fingerprint density at radius 3 is 2.79 bits per heavy atom. The van der Waals surface area contributed by atoms with Gasteiger partial charge in [-0.3, -0.25) is 24.6 Å². The van der Waals surface area contributed by atoms with Crippen LogP contribution in [0.3, 0.4) is 0 Å². The van der Waals surface area contributed by atoms with E-state index in [-0.39, 0.29) is 11.5 Å². The van der Waals surface area contributed by atoms with E-state index in [2.05, 4.69) is 5.32 Å². The molecule has 0 unspecified atom stereocenters. The third-order valence-corrected chi connectivity index (χ3v) is 4.26. The summed E-state index contributed by atoms with van der Waals surface area (Å²) in [5.74, 6) is -1.35. The normalized spacial score (nSPS) is 23.2. The summed E-state index contributed by atoms with van der Waals surface area (Å²) in [6.07, 6.45) is 2.60. The lowest BCUT2D eigenvalue weighted by atomic mass is 9.79. The van der Waals surface area contributed by atoms with Gasteiger partial charge >= 0.3 is 6.03 Å². The number of Topliss-reactive ketones (excluding diaryl/α,β-unsaturated/α-hetero) is 1. The number of carbonyl (C=O) groups is 3. The number of non-ortho nitro benzene ring substituents is 1. The monoisotopic (exact) mass is 329 g/mol. The molecule has 3 rings (SSSR count). The van der Waals surface area contributed by atoms with Gasteiger partial charge in [0.15, 0.2) is 0 Å². The van der Waals surface area contributed by atoms with E-state index in [1.165, 1.54) is 25.1 Å². The smallest absolute Gasteiger partial charge is 0.311 e. The Labute approximate surface area is 137 Å². The van der Waals surface area contributed by atoms with Crippen LogP contribution in [0.25, 0.3) is 0 Å². The van der Waals surface area contributed by atoms with Gasteiger partial charge in [0.25, 0.3) is 5.69 Å². The fourth-order valence-electron chi connectivity index (χ4n) is 3.26. The SMILES string of the molecule is CC(=O)N1C(=O)NC2=CCCC(=O)[C@@H]2[C@H]1c1cccc([N+](=O)[O-])c1. The molecular formula is C16H15N3O5. The molecule has 0 saturated carbocycles. The summed E-state index contributed by atoms with van der Waals surface area (Å²) in [5, 5.41) is 13.6. The van der Waals surface area contributed by atoms with Crippen molar-refractivity contribution in [2.24, 2.45) is 5.92 Å². The molecule has 2 aliphatic rings. The molecule has 8 nitrogen and oxygen atoms in total. The molecule has 0 spiro atoms. The van der Waals surface area contributed by atoms with Crippen LogP contribution in [0.15, 0.2) is 36.0 Å². The van der Waals surface area contributed by atoms with Crippen LogP contribution in [0.5, 0.6) is 0 Å². The van der Waals surface area contributed by atoms with Crippen molar-refractivity contribution in [2.45, 2.75) is 25.8 Å². The summed E-state index contributed by atoms with van der Waals surface area (Å²) in [5.41, 5.74) is 0.696. The molecule has 8 heteroatoms. The highest BCUT2D eigenvalue weighted by Crippen LogP contribution is 2.40. The number of rotatable bonds is 2. The van der Waals surface area contributed by atoms with E-state index in [1.807, 2.05) is 0 Å². The minimum absolute atomic E-state index is 0.102. The Morgan fingerprint density at radius 2 is 2.12 bits per heavy atom. The van der Waals surface area contributed by atoms with Gasteiger partial charge in [0.2, 0.25) is 5.91 Å². The maximum Gasteiger partial charge on any atom is 0.328 e. The number of imide groups is 1. The number of nitro benzene ring substituents is 1. The Bertz CT molecular complexity index is 786. The minimum Gasteiger partial charge on any atom is -0.311 e. The Balaban J connectivity index is 2.15. The number of amides is 3. The van der Waals surface area contributed by atoms with E-state index >= 15 is 0 Å². The van der Waals surface area contributed by atoms with Crippen molar-refractivity contribution in [1.29, 1.82) is 0 Å². The average Bonchev–Trinajstić information content (AvgIpc) is 2.53. The number of urea groups is 1. The number of nitrogens with one attached hydrogen (secondary N) is 1. The number of nitrogens with zero attached hydrogens (tertiary/aromatic N) is 2. The summed E-state index contributed by atoms with van der Waals surface area (Å²) >= 11 is 0. The second kappa shape index (κ2) is 5.88. The summed E-state index contributed by atoms with van der Waals surface area (Å²) in [6, 6.07) is 4.19. The van der Waals surface area contributed by atoms with Gasteiger partial charge < -0.3 is 5.32 Å². The van der Waals surface area contributed by atoms with Crippen molar-refractivity contribution >= 4 is 23.4 Å². The van der Waals surface area contributed by atoms with Crippen LogP contribution in [0.1, 0.15) is 31.4 Å². The van der Waals surface area contributed by atoms with Crippen LogP contribution in [-0.2, 0) is 9.59 Å². The Kier molecular flexibility index (Phi) is 3.88. The highest BCUT2D eigenvalue weighted by atomic mass is 16.6. The maximum atomic E-state index is 12.4. The molecule has 1 aromatic carbocycles. The zero-order valence-corrected chi connectivity index (χ0v) is 12.9. The van der Waals surface area contributed by atoms with Gasteiger partial charge in [-0.15, -0.1) is 0 Å². The van der Waals surface area contributed by atoms with Gasteiger partial charge in [0, 0.05) is 31.2 Å². The fraction of sp³-hybridized carbons (Fsp3) is 0.312. The van der Waals surface area contributed by atoms with E-state index in [0.717, 1.165) is 4.90 Å². The molecule has 1 N–H and O–H groups in total. The van der Waals surface area contributed by atoms with Crippen LogP contribution >= 0.6 is 0 Å². The number of nitro groups is 1. The molecule has 0 bridgehead atoms. The first kappa shape index (κ1) is 15.9. The van der Waals surface area contributed by atoms with E-state index < -0.39 is 28.8 Å². The summed E-state index contributed by atoms with van der Waals surface area (Å²) in [7, 11) is 0. The van der Waals surface area contributed by atoms with Crippen molar-refractivity contribution in [1.82, 2.24) is 10.2 Å². The van der Waals surface area contributed by atoms with Crippen molar-refractivity contribution in [3.63, 3.8) is 0 Å². The topological polar surface area (TPSA) is 110 Å². The van der Waals surface area contributed by atoms with E-state index in [9.17, 15) is 24.5 Å². The zero-order chi connectivity index (χ0) is 17.4. The second-order valence-electron chi connectivity index (χ2n) is 5.76. The molecule has 1 aromatic rings. The van der Waals surface area contributed by atoms with Gasteiger partial charge in [-0.2, -0.15) is 0 Å². The Hall–Kier alpha value is -3.03. The first-order valence-corrected chi connectivity index (χ1v) is 7.48. The predicted molar refractivity (Wildman–Crippen MR) is 82.7 cm³/mol. The lowest BCUT2D eigenvalue weighted by Gasteiger charge is -2.42.